The Morgan fingerprint density at radius 3 is 1.66 bits per heavy atom. The molecular formula is C24H36O4Si. The smallest absolute Gasteiger partial charge is 0.192 e. The molecule has 0 saturated heterocycles. The molecule has 0 aliphatic heterocycles. The highest BCUT2D eigenvalue weighted by molar-refractivity contribution is 6.74. The summed E-state index contributed by atoms with van der Waals surface area (Å²) in [6.45, 7) is 12.3. The van der Waals surface area contributed by atoms with E-state index in [0.717, 1.165) is 11.1 Å². The SMILES string of the molecule is CC(C)(C)[Si](C)(C)OC[C@@H](OCc1ccccc1)[C@@H](CO)OCc1ccccc1. The maximum absolute atomic E-state index is 10.0. The zero-order valence-electron chi connectivity index (χ0n) is 18.4. The summed E-state index contributed by atoms with van der Waals surface area (Å²) in [5, 5.41) is 10.1. The van der Waals surface area contributed by atoms with Crippen molar-refractivity contribution >= 4 is 8.32 Å². The molecule has 0 spiro atoms. The van der Waals surface area contributed by atoms with Crippen LogP contribution in [-0.4, -0.2) is 38.8 Å². The van der Waals surface area contributed by atoms with Gasteiger partial charge in [0.25, 0.3) is 0 Å². The van der Waals surface area contributed by atoms with E-state index in [-0.39, 0.29) is 17.7 Å². The summed E-state index contributed by atoms with van der Waals surface area (Å²) in [4.78, 5) is 0. The standard InChI is InChI=1S/C24H36O4Si/c1-24(2,3)29(4,5)28-19-23(27-18-21-14-10-7-11-15-21)22(16-25)26-17-20-12-8-6-9-13-20/h6-15,22-23,25H,16-19H2,1-5H3/t22-,23-/m1/s1. The Labute approximate surface area is 177 Å². The quantitative estimate of drug-likeness (QED) is 0.513. The minimum Gasteiger partial charge on any atom is -0.414 e. The summed E-state index contributed by atoms with van der Waals surface area (Å²) < 4.78 is 18.6. The van der Waals surface area contributed by atoms with E-state index in [9.17, 15) is 5.11 Å². The first-order valence-corrected chi connectivity index (χ1v) is 13.2. The van der Waals surface area contributed by atoms with E-state index >= 15 is 0 Å². The molecule has 2 atom stereocenters. The molecule has 2 aromatic carbocycles. The average Bonchev–Trinajstić information content (AvgIpc) is 2.70. The van der Waals surface area contributed by atoms with E-state index in [2.05, 4.69) is 33.9 Å². The van der Waals surface area contributed by atoms with Crippen LogP contribution in [0.2, 0.25) is 18.1 Å². The van der Waals surface area contributed by atoms with E-state index in [1.54, 1.807) is 0 Å². The fourth-order valence-electron chi connectivity index (χ4n) is 2.60. The molecule has 0 aliphatic rings. The van der Waals surface area contributed by atoms with E-state index in [0.29, 0.717) is 19.8 Å². The second-order valence-electron chi connectivity index (χ2n) is 8.92. The van der Waals surface area contributed by atoms with Crippen molar-refractivity contribution in [2.24, 2.45) is 0 Å². The predicted octanol–water partition coefficient (Wildman–Crippen LogP) is 5.17. The van der Waals surface area contributed by atoms with Gasteiger partial charge in [0, 0.05) is 0 Å². The monoisotopic (exact) mass is 416 g/mol. The summed E-state index contributed by atoms with van der Waals surface area (Å²) in [5.74, 6) is 0. The number of aliphatic hydroxyl groups is 1. The third-order valence-corrected chi connectivity index (χ3v) is 10.1. The normalized spacial score (nSPS) is 14.6. The summed E-state index contributed by atoms with van der Waals surface area (Å²) >= 11 is 0. The number of aliphatic hydroxyl groups excluding tert-OH is 1. The molecule has 160 valence electrons. The lowest BCUT2D eigenvalue weighted by Crippen LogP contribution is -2.46. The van der Waals surface area contributed by atoms with Crippen LogP contribution < -0.4 is 0 Å². The fourth-order valence-corrected chi connectivity index (χ4v) is 3.62. The predicted molar refractivity (Wildman–Crippen MR) is 120 cm³/mol. The van der Waals surface area contributed by atoms with Crippen LogP contribution in [0.4, 0.5) is 0 Å². The van der Waals surface area contributed by atoms with Gasteiger partial charge in [-0.15, -0.1) is 0 Å². The van der Waals surface area contributed by atoms with Crippen molar-refractivity contribution in [2.75, 3.05) is 13.2 Å². The molecule has 0 amide bonds. The molecular weight excluding hydrogens is 380 g/mol. The zero-order chi connectivity index (χ0) is 21.3. The zero-order valence-corrected chi connectivity index (χ0v) is 19.4. The highest BCUT2D eigenvalue weighted by Gasteiger charge is 2.38. The van der Waals surface area contributed by atoms with Gasteiger partial charge in [-0.1, -0.05) is 81.4 Å². The lowest BCUT2D eigenvalue weighted by atomic mass is 10.2. The minimum absolute atomic E-state index is 0.108. The molecule has 4 nitrogen and oxygen atoms in total. The number of rotatable bonds is 11. The first-order valence-electron chi connectivity index (χ1n) is 10.3. The Kier molecular flexibility index (Phi) is 9.05. The molecule has 0 aliphatic carbocycles. The van der Waals surface area contributed by atoms with Crippen molar-refractivity contribution in [3.63, 3.8) is 0 Å². The van der Waals surface area contributed by atoms with Gasteiger partial charge in [0.1, 0.15) is 12.2 Å². The highest BCUT2D eigenvalue weighted by atomic mass is 28.4. The van der Waals surface area contributed by atoms with Gasteiger partial charge in [0.2, 0.25) is 0 Å². The lowest BCUT2D eigenvalue weighted by molar-refractivity contribution is -0.117. The summed E-state index contributed by atoms with van der Waals surface area (Å²) in [6.07, 6.45) is -0.804. The minimum atomic E-state index is -1.94. The number of ether oxygens (including phenoxy) is 2. The van der Waals surface area contributed by atoms with Gasteiger partial charge in [-0.2, -0.15) is 0 Å². The van der Waals surface area contributed by atoms with Crippen molar-refractivity contribution in [2.45, 2.75) is 64.3 Å². The van der Waals surface area contributed by atoms with Crippen LogP contribution in [-0.2, 0) is 27.1 Å². The van der Waals surface area contributed by atoms with Crippen molar-refractivity contribution < 1.29 is 19.0 Å². The van der Waals surface area contributed by atoms with Crippen LogP contribution >= 0.6 is 0 Å². The van der Waals surface area contributed by atoms with E-state index < -0.39 is 14.4 Å². The topological polar surface area (TPSA) is 47.9 Å². The van der Waals surface area contributed by atoms with Crippen LogP contribution in [0.25, 0.3) is 0 Å². The van der Waals surface area contributed by atoms with E-state index in [4.69, 9.17) is 13.9 Å². The molecule has 0 unspecified atom stereocenters. The molecule has 0 radical (unpaired) electrons. The Morgan fingerprint density at radius 1 is 0.793 bits per heavy atom. The average molecular weight is 417 g/mol. The number of benzene rings is 2. The second kappa shape index (κ2) is 11.0. The van der Waals surface area contributed by atoms with Crippen molar-refractivity contribution in [3.8, 4) is 0 Å². The fraction of sp³-hybridized carbons (Fsp3) is 0.500. The Balaban J connectivity index is 2.06. The molecule has 2 aromatic rings. The van der Waals surface area contributed by atoms with Gasteiger partial charge >= 0.3 is 0 Å². The second-order valence-corrected chi connectivity index (χ2v) is 13.7. The van der Waals surface area contributed by atoms with Gasteiger partial charge in [-0.25, -0.2) is 0 Å². The molecule has 0 bridgehead atoms. The summed E-state index contributed by atoms with van der Waals surface area (Å²) in [6, 6.07) is 20.0. The van der Waals surface area contributed by atoms with Crippen molar-refractivity contribution in [3.05, 3.63) is 71.8 Å². The molecule has 1 N–H and O–H groups in total. The Hall–Kier alpha value is -1.50. The molecule has 0 heterocycles. The first-order chi connectivity index (χ1) is 13.7. The highest BCUT2D eigenvalue weighted by Crippen LogP contribution is 2.36. The molecule has 0 aromatic heterocycles. The molecule has 0 fully saturated rings. The third-order valence-electron chi connectivity index (χ3n) is 5.62. The first kappa shape index (κ1) is 23.8. The maximum atomic E-state index is 10.0. The van der Waals surface area contributed by atoms with Gasteiger partial charge in [-0.05, 0) is 29.3 Å². The Bertz CT molecular complexity index is 698. The van der Waals surface area contributed by atoms with E-state index in [1.165, 1.54) is 0 Å². The number of hydrogen-bond donors (Lipinski definition) is 1. The van der Waals surface area contributed by atoms with Crippen LogP contribution in [0.3, 0.4) is 0 Å². The molecule has 2 rings (SSSR count). The van der Waals surface area contributed by atoms with Gasteiger partial charge < -0.3 is 19.0 Å². The lowest BCUT2D eigenvalue weighted by Gasteiger charge is -2.38. The van der Waals surface area contributed by atoms with E-state index in [1.807, 2.05) is 60.7 Å². The molecule has 29 heavy (non-hydrogen) atoms. The maximum Gasteiger partial charge on any atom is 0.192 e. The third kappa shape index (κ3) is 7.68. The van der Waals surface area contributed by atoms with Gasteiger partial charge in [-0.3, -0.25) is 0 Å². The van der Waals surface area contributed by atoms with Crippen LogP contribution in [0.1, 0.15) is 31.9 Å². The van der Waals surface area contributed by atoms with Crippen molar-refractivity contribution in [1.29, 1.82) is 0 Å². The summed E-state index contributed by atoms with van der Waals surface area (Å²) in [5.41, 5.74) is 2.16. The van der Waals surface area contributed by atoms with Crippen LogP contribution in [0.15, 0.2) is 60.7 Å². The molecule has 5 heteroatoms. The van der Waals surface area contributed by atoms with Crippen molar-refractivity contribution in [1.82, 2.24) is 0 Å². The Morgan fingerprint density at radius 2 is 1.24 bits per heavy atom. The number of hydrogen-bond acceptors (Lipinski definition) is 4. The van der Waals surface area contributed by atoms with Gasteiger partial charge in [0.15, 0.2) is 8.32 Å². The van der Waals surface area contributed by atoms with Crippen LogP contribution in [0.5, 0.6) is 0 Å². The van der Waals surface area contributed by atoms with Gasteiger partial charge in [0.05, 0.1) is 26.4 Å². The largest absolute Gasteiger partial charge is 0.414 e. The van der Waals surface area contributed by atoms with Crippen LogP contribution in [0, 0.1) is 0 Å². The summed E-state index contributed by atoms with van der Waals surface area (Å²) in [7, 11) is -1.94. The molecule has 0 saturated carbocycles.